The fourth-order valence-corrected chi connectivity index (χ4v) is 1.53. The molecule has 1 N–H and O–H groups in total. The summed E-state index contributed by atoms with van der Waals surface area (Å²) in [7, 11) is 1.66. The molecular formula is C12H19NO3. The minimum atomic E-state index is -0.379. The summed E-state index contributed by atoms with van der Waals surface area (Å²) in [6.45, 7) is 5.52. The number of amides is 1. The van der Waals surface area contributed by atoms with Gasteiger partial charge in [-0.3, -0.25) is 9.69 Å². The molecule has 0 saturated heterocycles. The minimum absolute atomic E-state index is 0.107. The van der Waals surface area contributed by atoms with Gasteiger partial charge in [-0.15, -0.1) is 0 Å². The first-order valence-electron chi connectivity index (χ1n) is 5.42. The van der Waals surface area contributed by atoms with Gasteiger partial charge in [0.1, 0.15) is 5.76 Å². The number of anilines is 1. The lowest BCUT2D eigenvalue weighted by Gasteiger charge is -2.22. The van der Waals surface area contributed by atoms with E-state index in [2.05, 4.69) is 0 Å². The zero-order valence-electron chi connectivity index (χ0n) is 10.2. The maximum absolute atomic E-state index is 12.0. The number of rotatable bonds is 4. The molecule has 0 aliphatic rings. The van der Waals surface area contributed by atoms with Crippen LogP contribution in [-0.4, -0.2) is 24.7 Å². The second-order valence-electron chi connectivity index (χ2n) is 4.31. The lowest BCUT2D eigenvalue weighted by molar-refractivity contribution is -0.124. The predicted molar refractivity (Wildman–Crippen MR) is 62.3 cm³/mol. The smallest absolute Gasteiger partial charge is 0.234 e. The molecule has 1 atom stereocenters. The zero-order valence-corrected chi connectivity index (χ0v) is 10.2. The Labute approximate surface area is 95.9 Å². The van der Waals surface area contributed by atoms with Gasteiger partial charge in [-0.1, -0.05) is 13.8 Å². The molecule has 0 aliphatic carbocycles. The number of hydrogen-bond donors (Lipinski definition) is 1. The average molecular weight is 225 g/mol. The standard InChI is InChI=1S/C12H19NO3/c1-8(2)10(7-14)12(15)13(4)11-6-5-9(3)16-11/h5-6,8,10,14H,7H2,1-4H3. The third-order valence-corrected chi connectivity index (χ3v) is 2.71. The highest BCUT2D eigenvalue weighted by atomic mass is 16.4. The van der Waals surface area contributed by atoms with Crippen LogP contribution in [0.15, 0.2) is 16.5 Å². The third kappa shape index (κ3) is 2.64. The third-order valence-electron chi connectivity index (χ3n) is 2.71. The van der Waals surface area contributed by atoms with Crippen molar-refractivity contribution in [2.24, 2.45) is 11.8 Å². The molecule has 4 nitrogen and oxygen atoms in total. The van der Waals surface area contributed by atoms with Crippen molar-refractivity contribution in [2.45, 2.75) is 20.8 Å². The second-order valence-corrected chi connectivity index (χ2v) is 4.31. The van der Waals surface area contributed by atoms with Gasteiger partial charge in [-0.25, -0.2) is 0 Å². The predicted octanol–water partition coefficient (Wildman–Crippen LogP) is 1.82. The van der Waals surface area contributed by atoms with Crippen molar-refractivity contribution < 1.29 is 14.3 Å². The van der Waals surface area contributed by atoms with Gasteiger partial charge in [0.05, 0.1) is 12.5 Å². The van der Waals surface area contributed by atoms with Crippen LogP contribution in [-0.2, 0) is 4.79 Å². The van der Waals surface area contributed by atoms with E-state index in [9.17, 15) is 9.90 Å². The molecule has 4 heteroatoms. The summed E-state index contributed by atoms with van der Waals surface area (Å²) in [6.07, 6.45) is 0. The van der Waals surface area contributed by atoms with Crippen LogP contribution < -0.4 is 4.90 Å². The normalized spacial score (nSPS) is 12.9. The van der Waals surface area contributed by atoms with E-state index in [1.807, 2.05) is 26.8 Å². The lowest BCUT2D eigenvalue weighted by Crippen LogP contribution is -2.37. The topological polar surface area (TPSA) is 53.7 Å². The largest absolute Gasteiger partial charge is 0.445 e. The van der Waals surface area contributed by atoms with E-state index in [1.165, 1.54) is 4.90 Å². The first-order valence-corrected chi connectivity index (χ1v) is 5.42. The zero-order chi connectivity index (χ0) is 12.3. The van der Waals surface area contributed by atoms with Gasteiger partial charge in [-0.2, -0.15) is 0 Å². The van der Waals surface area contributed by atoms with Crippen LogP contribution in [0.3, 0.4) is 0 Å². The summed E-state index contributed by atoms with van der Waals surface area (Å²) in [4.78, 5) is 13.5. The maximum Gasteiger partial charge on any atom is 0.234 e. The minimum Gasteiger partial charge on any atom is -0.445 e. The van der Waals surface area contributed by atoms with Crippen molar-refractivity contribution in [3.05, 3.63) is 17.9 Å². The van der Waals surface area contributed by atoms with Gasteiger partial charge in [0.2, 0.25) is 11.8 Å². The summed E-state index contributed by atoms with van der Waals surface area (Å²) < 4.78 is 5.36. The quantitative estimate of drug-likeness (QED) is 0.850. The molecule has 0 aromatic carbocycles. The van der Waals surface area contributed by atoms with Crippen LogP contribution in [0.4, 0.5) is 5.88 Å². The van der Waals surface area contributed by atoms with Gasteiger partial charge in [0, 0.05) is 13.1 Å². The fraction of sp³-hybridized carbons (Fsp3) is 0.583. The molecule has 0 aliphatic heterocycles. The van der Waals surface area contributed by atoms with Crippen molar-refractivity contribution >= 4 is 11.8 Å². The Balaban J connectivity index is 2.81. The van der Waals surface area contributed by atoms with E-state index in [0.717, 1.165) is 5.76 Å². The molecule has 1 aromatic rings. The van der Waals surface area contributed by atoms with Gasteiger partial charge < -0.3 is 9.52 Å². The monoisotopic (exact) mass is 225 g/mol. The van der Waals surface area contributed by atoms with Crippen LogP contribution >= 0.6 is 0 Å². The molecule has 1 heterocycles. The second kappa shape index (κ2) is 5.16. The SMILES string of the molecule is Cc1ccc(N(C)C(=O)C(CO)C(C)C)o1. The van der Waals surface area contributed by atoms with Crippen molar-refractivity contribution in [2.75, 3.05) is 18.6 Å². The number of furan rings is 1. The number of carbonyl (C=O) groups excluding carboxylic acids is 1. The molecular weight excluding hydrogens is 206 g/mol. The van der Waals surface area contributed by atoms with E-state index in [-0.39, 0.29) is 24.3 Å². The van der Waals surface area contributed by atoms with Crippen LogP contribution in [0.1, 0.15) is 19.6 Å². The molecule has 0 radical (unpaired) electrons. The number of aryl methyl sites for hydroxylation is 1. The number of aliphatic hydroxyl groups is 1. The Morgan fingerprint density at radius 2 is 2.12 bits per heavy atom. The van der Waals surface area contributed by atoms with Gasteiger partial charge in [0.25, 0.3) is 0 Å². The van der Waals surface area contributed by atoms with Crippen molar-refractivity contribution in [1.82, 2.24) is 0 Å². The highest BCUT2D eigenvalue weighted by molar-refractivity contribution is 5.93. The first kappa shape index (κ1) is 12.8. The molecule has 90 valence electrons. The van der Waals surface area contributed by atoms with E-state index in [4.69, 9.17) is 4.42 Å². The van der Waals surface area contributed by atoms with Gasteiger partial charge >= 0.3 is 0 Å². The molecule has 1 amide bonds. The summed E-state index contributed by atoms with van der Waals surface area (Å²) in [5.74, 6) is 0.889. The summed E-state index contributed by atoms with van der Waals surface area (Å²) in [6, 6.07) is 3.56. The number of aliphatic hydroxyl groups excluding tert-OH is 1. The van der Waals surface area contributed by atoms with E-state index < -0.39 is 0 Å². The van der Waals surface area contributed by atoms with Crippen molar-refractivity contribution in [3.63, 3.8) is 0 Å². The maximum atomic E-state index is 12.0. The molecule has 1 aromatic heterocycles. The van der Waals surface area contributed by atoms with Crippen LogP contribution in [0.2, 0.25) is 0 Å². The Kier molecular flexibility index (Phi) is 4.12. The number of hydrogen-bond acceptors (Lipinski definition) is 3. The van der Waals surface area contributed by atoms with Crippen LogP contribution in [0.25, 0.3) is 0 Å². The van der Waals surface area contributed by atoms with E-state index >= 15 is 0 Å². The summed E-state index contributed by atoms with van der Waals surface area (Å²) >= 11 is 0. The molecule has 0 spiro atoms. The highest BCUT2D eigenvalue weighted by Crippen LogP contribution is 2.21. The first-order chi connectivity index (χ1) is 7.47. The fourth-order valence-electron chi connectivity index (χ4n) is 1.53. The molecule has 0 bridgehead atoms. The molecule has 16 heavy (non-hydrogen) atoms. The highest BCUT2D eigenvalue weighted by Gasteiger charge is 2.26. The summed E-state index contributed by atoms with van der Waals surface area (Å²) in [5, 5.41) is 9.19. The Morgan fingerprint density at radius 1 is 1.50 bits per heavy atom. The Hall–Kier alpha value is -1.29. The Bertz CT molecular complexity index is 357. The molecule has 0 saturated carbocycles. The lowest BCUT2D eigenvalue weighted by atomic mass is 9.95. The number of carbonyl (C=O) groups is 1. The van der Waals surface area contributed by atoms with Crippen LogP contribution in [0.5, 0.6) is 0 Å². The average Bonchev–Trinajstić information content (AvgIpc) is 2.64. The molecule has 1 unspecified atom stereocenters. The van der Waals surface area contributed by atoms with Gasteiger partial charge in [-0.05, 0) is 18.9 Å². The van der Waals surface area contributed by atoms with E-state index in [1.54, 1.807) is 13.1 Å². The van der Waals surface area contributed by atoms with Gasteiger partial charge in [0.15, 0.2) is 0 Å². The van der Waals surface area contributed by atoms with Crippen molar-refractivity contribution in [1.29, 1.82) is 0 Å². The summed E-state index contributed by atoms with van der Waals surface area (Å²) in [5.41, 5.74) is 0. The van der Waals surface area contributed by atoms with E-state index in [0.29, 0.717) is 5.88 Å². The molecule has 1 rings (SSSR count). The van der Waals surface area contributed by atoms with Crippen LogP contribution in [0, 0.1) is 18.8 Å². The van der Waals surface area contributed by atoms with Crippen molar-refractivity contribution in [3.8, 4) is 0 Å². The number of nitrogens with zero attached hydrogens (tertiary/aromatic N) is 1. The molecule has 0 fully saturated rings. The Morgan fingerprint density at radius 3 is 2.50 bits per heavy atom.